The van der Waals surface area contributed by atoms with Crippen LogP contribution in [-0.4, -0.2) is 46.7 Å². The van der Waals surface area contributed by atoms with Gasteiger partial charge in [-0.2, -0.15) is 5.10 Å². The molecule has 0 unspecified atom stereocenters. The first-order valence-electron chi connectivity index (χ1n) is 13.2. The number of pyridine rings is 1. The molecular formula is C29H45N5O. The molecule has 1 aliphatic heterocycles. The normalized spacial score (nSPS) is 13.0. The molecular weight excluding hydrogens is 434 g/mol. The third-order valence-electron chi connectivity index (χ3n) is 6.03. The molecule has 6 heteroatoms. The molecule has 0 bridgehead atoms. The van der Waals surface area contributed by atoms with Crippen molar-refractivity contribution in [2.75, 3.05) is 31.1 Å². The summed E-state index contributed by atoms with van der Waals surface area (Å²) in [6.45, 7) is 14.6. The van der Waals surface area contributed by atoms with E-state index in [4.69, 9.17) is 0 Å². The molecule has 4 rings (SSSR count). The fourth-order valence-corrected chi connectivity index (χ4v) is 4.34. The average molecular weight is 480 g/mol. The number of aryl methyl sites for hydroxylation is 3. The lowest BCUT2D eigenvalue weighted by atomic mass is 10.1. The van der Waals surface area contributed by atoms with Crippen LogP contribution in [0.4, 0.5) is 5.69 Å². The van der Waals surface area contributed by atoms with Crippen molar-refractivity contribution in [2.24, 2.45) is 7.05 Å². The van der Waals surface area contributed by atoms with Crippen LogP contribution in [0.3, 0.4) is 0 Å². The topological polar surface area (TPSA) is 63.1 Å². The first-order valence-corrected chi connectivity index (χ1v) is 13.2. The molecule has 192 valence electrons. The molecule has 0 radical (unpaired) electrons. The van der Waals surface area contributed by atoms with Crippen molar-refractivity contribution >= 4 is 22.4 Å². The predicted molar refractivity (Wildman–Crippen MR) is 148 cm³/mol. The van der Waals surface area contributed by atoms with E-state index in [-0.39, 0.29) is 5.78 Å². The van der Waals surface area contributed by atoms with Gasteiger partial charge in [-0.3, -0.25) is 9.67 Å². The number of carbonyl (C=O) groups is 1. The van der Waals surface area contributed by atoms with Gasteiger partial charge in [-0.15, -0.1) is 0 Å². The van der Waals surface area contributed by atoms with Crippen LogP contribution >= 0.6 is 0 Å². The second-order valence-electron chi connectivity index (χ2n) is 9.28. The van der Waals surface area contributed by atoms with Crippen LogP contribution < -0.4 is 10.2 Å². The highest BCUT2D eigenvalue weighted by Crippen LogP contribution is 2.24. The molecule has 3 heterocycles. The Labute approximate surface area is 212 Å². The molecule has 0 atom stereocenters. The maximum atomic E-state index is 10.0. The summed E-state index contributed by atoms with van der Waals surface area (Å²) in [6, 6.07) is 8.66. The Kier molecular flexibility index (Phi) is 12.5. The molecule has 1 saturated heterocycles. The number of hydrogen-bond donors (Lipinski definition) is 1. The van der Waals surface area contributed by atoms with Crippen molar-refractivity contribution in [3.05, 3.63) is 53.5 Å². The summed E-state index contributed by atoms with van der Waals surface area (Å²) in [4.78, 5) is 16.9. The number of ketones is 1. The van der Waals surface area contributed by atoms with Gasteiger partial charge >= 0.3 is 0 Å². The van der Waals surface area contributed by atoms with Crippen molar-refractivity contribution in [3.8, 4) is 0 Å². The number of nitrogens with zero attached hydrogens (tertiary/aromatic N) is 4. The largest absolute Gasteiger partial charge is 0.369 e. The lowest BCUT2D eigenvalue weighted by Gasteiger charge is -2.31. The van der Waals surface area contributed by atoms with Gasteiger partial charge in [0.05, 0.1) is 5.52 Å². The summed E-state index contributed by atoms with van der Waals surface area (Å²) in [7, 11) is 1.96. The molecule has 35 heavy (non-hydrogen) atoms. The number of benzene rings is 1. The molecule has 0 amide bonds. The highest BCUT2D eigenvalue weighted by Gasteiger charge is 2.15. The third-order valence-corrected chi connectivity index (χ3v) is 6.03. The molecule has 0 saturated carbocycles. The Bertz CT molecular complexity index is 1040. The number of Topliss-reactive ketones (excluding diaryl/α,β-unsaturated/α-hetero) is 1. The summed E-state index contributed by atoms with van der Waals surface area (Å²) in [5.41, 5.74) is 6.52. The Morgan fingerprint density at radius 3 is 2.34 bits per heavy atom. The zero-order valence-corrected chi connectivity index (χ0v) is 22.7. The quantitative estimate of drug-likeness (QED) is 0.474. The zero-order valence-electron chi connectivity index (χ0n) is 22.7. The van der Waals surface area contributed by atoms with Crippen LogP contribution in [0.15, 0.2) is 36.7 Å². The van der Waals surface area contributed by atoms with Crippen LogP contribution in [-0.2, 0) is 24.7 Å². The molecule has 3 aromatic rings. The summed E-state index contributed by atoms with van der Waals surface area (Å²) in [5.74, 6) is 0.289. The van der Waals surface area contributed by atoms with E-state index in [1.807, 2.05) is 24.9 Å². The van der Waals surface area contributed by atoms with Gasteiger partial charge in [-0.1, -0.05) is 39.7 Å². The molecule has 1 N–H and O–H groups in total. The van der Waals surface area contributed by atoms with Crippen LogP contribution in [0.1, 0.15) is 70.2 Å². The number of nitrogens with one attached hydrogen (secondary N) is 1. The van der Waals surface area contributed by atoms with Gasteiger partial charge < -0.3 is 15.0 Å². The predicted octanol–water partition coefficient (Wildman–Crippen LogP) is 5.65. The standard InChI is InChI=1S/C13H21N3.C11H14N2.C5H10O/c1-3-4-12-11(2)15-6-5-13(12)16-9-7-14-8-10-16;1-3-4-9-5-6-11-10(7-9)8-13(2)12-11;1-3-4-5(2)6/h5-6,14H,3-4,7-10H2,1-2H3;5-8H,3-4H2,1-2H3;3-4H2,1-2H3. The van der Waals surface area contributed by atoms with E-state index in [0.29, 0.717) is 0 Å². The maximum Gasteiger partial charge on any atom is 0.129 e. The van der Waals surface area contributed by atoms with Gasteiger partial charge in [0.1, 0.15) is 5.78 Å². The minimum absolute atomic E-state index is 0.289. The monoisotopic (exact) mass is 479 g/mol. The second kappa shape index (κ2) is 15.3. The summed E-state index contributed by atoms with van der Waals surface area (Å²) in [6.07, 6.45) is 10.4. The molecule has 1 aromatic carbocycles. The minimum atomic E-state index is 0.289. The van der Waals surface area contributed by atoms with Crippen molar-refractivity contribution in [2.45, 2.75) is 73.1 Å². The Morgan fingerprint density at radius 1 is 1.03 bits per heavy atom. The van der Waals surface area contributed by atoms with E-state index in [9.17, 15) is 4.79 Å². The first-order chi connectivity index (χ1) is 16.9. The zero-order chi connectivity index (χ0) is 25.6. The first kappa shape index (κ1) is 28.5. The smallest absolute Gasteiger partial charge is 0.129 e. The molecule has 1 aliphatic rings. The van der Waals surface area contributed by atoms with Gasteiger partial charge in [0.25, 0.3) is 0 Å². The van der Waals surface area contributed by atoms with E-state index in [1.165, 1.54) is 40.7 Å². The van der Waals surface area contributed by atoms with E-state index in [2.05, 4.69) is 71.5 Å². The minimum Gasteiger partial charge on any atom is -0.369 e. The highest BCUT2D eigenvalue weighted by atomic mass is 16.1. The number of carbonyl (C=O) groups excluding carboxylic acids is 1. The van der Waals surface area contributed by atoms with Gasteiger partial charge in [0, 0.05) is 68.8 Å². The van der Waals surface area contributed by atoms with E-state index in [1.54, 1.807) is 6.92 Å². The van der Waals surface area contributed by atoms with Gasteiger partial charge in [-0.25, -0.2) is 0 Å². The van der Waals surface area contributed by atoms with Crippen molar-refractivity contribution in [1.82, 2.24) is 20.1 Å². The number of piperazine rings is 1. The van der Waals surface area contributed by atoms with Crippen molar-refractivity contribution in [3.63, 3.8) is 0 Å². The maximum absolute atomic E-state index is 10.0. The summed E-state index contributed by atoms with van der Waals surface area (Å²) >= 11 is 0. The SMILES string of the molecule is CCCC(C)=O.CCCc1c(N2CCNCC2)ccnc1C.CCCc1ccc2nn(C)cc2c1. The molecule has 6 nitrogen and oxygen atoms in total. The highest BCUT2D eigenvalue weighted by molar-refractivity contribution is 5.78. The summed E-state index contributed by atoms with van der Waals surface area (Å²) < 4.78 is 1.86. The molecule has 1 fully saturated rings. The van der Waals surface area contributed by atoms with Crippen LogP contribution in [0.2, 0.25) is 0 Å². The fourth-order valence-electron chi connectivity index (χ4n) is 4.34. The van der Waals surface area contributed by atoms with E-state index < -0.39 is 0 Å². The molecule has 0 aliphatic carbocycles. The van der Waals surface area contributed by atoms with E-state index in [0.717, 1.165) is 57.4 Å². The Morgan fingerprint density at radius 2 is 1.74 bits per heavy atom. The summed E-state index contributed by atoms with van der Waals surface area (Å²) in [5, 5.41) is 8.97. The number of fused-ring (bicyclic) bond motifs is 1. The Balaban J connectivity index is 0.000000204. The molecule has 2 aromatic heterocycles. The molecule has 0 spiro atoms. The van der Waals surface area contributed by atoms with Gasteiger partial charge in [0.2, 0.25) is 0 Å². The number of aromatic nitrogens is 3. The van der Waals surface area contributed by atoms with Gasteiger partial charge in [-0.05, 0) is 62.4 Å². The average Bonchev–Trinajstić information content (AvgIpc) is 3.21. The van der Waals surface area contributed by atoms with Crippen molar-refractivity contribution < 1.29 is 4.79 Å². The second-order valence-corrected chi connectivity index (χ2v) is 9.28. The van der Waals surface area contributed by atoms with Crippen LogP contribution in [0.5, 0.6) is 0 Å². The van der Waals surface area contributed by atoms with Crippen LogP contribution in [0.25, 0.3) is 10.9 Å². The number of rotatable bonds is 7. The Hall–Kier alpha value is -2.73. The third kappa shape index (κ3) is 9.44. The lowest BCUT2D eigenvalue weighted by Crippen LogP contribution is -2.44. The van der Waals surface area contributed by atoms with E-state index >= 15 is 0 Å². The fraction of sp³-hybridized carbons (Fsp3) is 0.552. The van der Waals surface area contributed by atoms with Gasteiger partial charge in [0.15, 0.2) is 0 Å². The number of anilines is 1. The lowest BCUT2D eigenvalue weighted by molar-refractivity contribution is -0.117. The number of hydrogen-bond acceptors (Lipinski definition) is 5. The van der Waals surface area contributed by atoms with Crippen molar-refractivity contribution in [1.29, 1.82) is 0 Å². The van der Waals surface area contributed by atoms with Crippen LogP contribution in [0, 0.1) is 6.92 Å².